The third-order valence-electron chi connectivity index (χ3n) is 2.42. The van der Waals surface area contributed by atoms with Crippen molar-refractivity contribution in [2.45, 2.75) is 25.8 Å². The zero-order valence-corrected chi connectivity index (χ0v) is 9.35. The highest BCUT2D eigenvalue weighted by atomic mass is 14.9. The normalized spacial score (nSPS) is 12.6. The largest absolute Gasteiger partial charge is 0.367 e. The molecule has 2 aromatic rings. The third-order valence-corrected chi connectivity index (χ3v) is 2.42. The highest BCUT2D eigenvalue weighted by molar-refractivity contribution is 5.57. The van der Waals surface area contributed by atoms with E-state index in [1.165, 1.54) is 0 Å². The lowest BCUT2D eigenvalue weighted by molar-refractivity contribution is 0.648. The summed E-state index contributed by atoms with van der Waals surface area (Å²) < 4.78 is 0. The van der Waals surface area contributed by atoms with E-state index in [2.05, 4.69) is 15.0 Å². The molecule has 16 heavy (non-hydrogen) atoms. The molecule has 0 fully saturated rings. The molecule has 3 N–H and O–H groups in total. The van der Waals surface area contributed by atoms with Crippen LogP contribution >= 0.6 is 0 Å². The first-order valence-corrected chi connectivity index (χ1v) is 5.46. The van der Waals surface area contributed by atoms with Crippen molar-refractivity contribution in [1.29, 1.82) is 0 Å². The van der Waals surface area contributed by atoms with E-state index in [1.54, 1.807) is 6.20 Å². The van der Waals surface area contributed by atoms with Crippen LogP contribution in [0.2, 0.25) is 0 Å². The van der Waals surface area contributed by atoms with Gasteiger partial charge in [0.05, 0.1) is 5.69 Å². The van der Waals surface area contributed by atoms with Crippen molar-refractivity contribution >= 4 is 0 Å². The van der Waals surface area contributed by atoms with E-state index < -0.39 is 0 Å². The summed E-state index contributed by atoms with van der Waals surface area (Å²) in [6.45, 7) is 2.00. The van der Waals surface area contributed by atoms with Crippen molar-refractivity contribution in [2.24, 2.45) is 5.73 Å². The van der Waals surface area contributed by atoms with Gasteiger partial charge in [0, 0.05) is 36.6 Å². The number of aromatic amines is 1. The van der Waals surface area contributed by atoms with Crippen molar-refractivity contribution < 1.29 is 0 Å². The molecule has 0 bridgehead atoms. The highest BCUT2D eigenvalue weighted by Crippen LogP contribution is 2.15. The van der Waals surface area contributed by atoms with Crippen molar-refractivity contribution in [3.8, 4) is 11.3 Å². The fourth-order valence-electron chi connectivity index (χ4n) is 1.52. The number of aryl methyl sites for hydroxylation is 1. The molecule has 0 aliphatic rings. The Bertz CT molecular complexity index is 434. The summed E-state index contributed by atoms with van der Waals surface area (Å²) in [5.41, 5.74) is 7.75. The molecular weight excluding hydrogens is 200 g/mol. The maximum Gasteiger partial charge on any atom is 0.129 e. The van der Waals surface area contributed by atoms with E-state index in [1.807, 2.05) is 31.5 Å². The number of hydrogen-bond donors (Lipinski definition) is 2. The van der Waals surface area contributed by atoms with E-state index >= 15 is 0 Å². The quantitative estimate of drug-likeness (QED) is 0.818. The molecule has 4 heteroatoms. The van der Waals surface area contributed by atoms with Gasteiger partial charge in [-0.25, -0.2) is 9.97 Å². The fraction of sp³-hybridized carbons (Fsp3) is 0.333. The first kappa shape index (κ1) is 10.8. The minimum Gasteiger partial charge on any atom is -0.367 e. The number of aromatic nitrogens is 3. The summed E-state index contributed by atoms with van der Waals surface area (Å²) in [5.74, 6) is 0.857. The van der Waals surface area contributed by atoms with Gasteiger partial charge in [-0.05, 0) is 25.5 Å². The van der Waals surface area contributed by atoms with Gasteiger partial charge in [-0.3, -0.25) is 0 Å². The molecule has 1 atom stereocenters. The summed E-state index contributed by atoms with van der Waals surface area (Å²) in [6.07, 6.45) is 7.36. The van der Waals surface area contributed by atoms with E-state index in [9.17, 15) is 0 Å². The molecule has 84 valence electrons. The average molecular weight is 216 g/mol. The Morgan fingerprint density at radius 2 is 2.31 bits per heavy atom. The molecule has 0 aliphatic heterocycles. The molecule has 4 nitrogen and oxygen atoms in total. The molecule has 0 radical (unpaired) electrons. The van der Waals surface area contributed by atoms with Crippen LogP contribution in [-0.2, 0) is 6.42 Å². The highest BCUT2D eigenvalue weighted by Gasteiger charge is 2.03. The third kappa shape index (κ3) is 2.67. The predicted molar refractivity (Wildman–Crippen MR) is 63.8 cm³/mol. The van der Waals surface area contributed by atoms with Gasteiger partial charge in [0.1, 0.15) is 5.82 Å². The number of nitrogens with zero attached hydrogens (tertiary/aromatic N) is 2. The van der Waals surface area contributed by atoms with Gasteiger partial charge in [0.2, 0.25) is 0 Å². The number of H-pyrrole nitrogens is 1. The van der Waals surface area contributed by atoms with Gasteiger partial charge in [-0.1, -0.05) is 0 Å². The molecule has 0 aromatic carbocycles. The predicted octanol–water partition coefficient (Wildman–Crippen LogP) is 1.75. The summed E-state index contributed by atoms with van der Waals surface area (Å²) in [6, 6.07) is 4.11. The van der Waals surface area contributed by atoms with Crippen LogP contribution in [0.25, 0.3) is 11.3 Å². The lowest BCUT2D eigenvalue weighted by Gasteiger charge is -2.04. The van der Waals surface area contributed by atoms with Crippen LogP contribution in [-0.4, -0.2) is 21.0 Å². The fourth-order valence-corrected chi connectivity index (χ4v) is 1.52. The summed E-state index contributed by atoms with van der Waals surface area (Å²) in [7, 11) is 0. The molecule has 1 unspecified atom stereocenters. The van der Waals surface area contributed by atoms with Gasteiger partial charge < -0.3 is 10.7 Å². The molecule has 2 aromatic heterocycles. The summed E-state index contributed by atoms with van der Waals surface area (Å²) in [5, 5.41) is 0. The molecule has 0 saturated carbocycles. The lowest BCUT2D eigenvalue weighted by atomic mass is 10.2. The van der Waals surface area contributed by atoms with Crippen LogP contribution < -0.4 is 5.73 Å². The minimum absolute atomic E-state index is 0.194. The number of hydrogen-bond acceptors (Lipinski definition) is 3. The molecule has 2 rings (SSSR count). The zero-order valence-electron chi connectivity index (χ0n) is 9.35. The Morgan fingerprint density at radius 3 is 3.00 bits per heavy atom. The zero-order chi connectivity index (χ0) is 11.4. The van der Waals surface area contributed by atoms with Gasteiger partial charge in [0.15, 0.2) is 0 Å². The second-order valence-electron chi connectivity index (χ2n) is 3.97. The van der Waals surface area contributed by atoms with Gasteiger partial charge in [-0.15, -0.1) is 0 Å². The molecule has 0 saturated heterocycles. The number of rotatable bonds is 4. The van der Waals surface area contributed by atoms with Gasteiger partial charge >= 0.3 is 0 Å². The van der Waals surface area contributed by atoms with E-state index in [0.29, 0.717) is 0 Å². The lowest BCUT2D eigenvalue weighted by Crippen LogP contribution is -2.16. The van der Waals surface area contributed by atoms with Crippen LogP contribution in [0, 0.1) is 0 Å². The van der Waals surface area contributed by atoms with Crippen LogP contribution in [0.4, 0.5) is 0 Å². The van der Waals surface area contributed by atoms with Crippen LogP contribution in [0.15, 0.2) is 30.7 Å². The van der Waals surface area contributed by atoms with Crippen LogP contribution in [0.5, 0.6) is 0 Å². The van der Waals surface area contributed by atoms with E-state index in [0.717, 1.165) is 29.9 Å². The van der Waals surface area contributed by atoms with Gasteiger partial charge in [0.25, 0.3) is 0 Å². The van der Waals surface area contributed by atoms with E-state index in [4.69, 9.17) is 5.73 Å². The SMILES string of the molecule is CC(N)CCc1nccc(-c2cc[nH]c2)n1. The standard InChI is InChI=1S/C12H16N4/c1-9(13)2-3-12-15-7-5-11(16-12)10-4-6-14-8-10/h4-9,14H,2-3,13H2,1H3. The molecule has 0 aliphatic carbocycles. The molecule has 2 heterocycles. The van der Waals surface area contributed by atoms with Crippen molar-refractivity contribution in [2.75, 3.05) is 0 Å². The number of nitrogens with one attached hydrogen (secondary N) is 1. The monoisotopic (exact) mass is 216 g/mol. The molecule has 0 amide bonds. The Labute approximate surface area is 94.9 Å². The van der Waals surface area contributed by atoms with Crippen molar-refractivity contribution in [3.63, 3.8) is 0 Å². The topological polar surface area (TPSA) is 67.6 Å². The summed E-state index contributed by atoms with van der Waals surface area (Å²) in [4.78, 5) is 11.8. The Morgan fingerprint density at radius 1 is 1.44 bits per heavy atom. The van der Waals surface area contributed by atoms with E-state index in [-0.39, 0.29) is 6.04 Å². The second-order valence-corrected chi connectivity index (χ2v) is 3.97. The number of nitrogens with two attached hydrogens (primary N) is 1. The Kier molecular flexibility index (Phi) is 3.31. The Hall–Kier alpha value is -1.68. The first-order chi connectivity index (χ1) is 7.75. The molecular formula is C12H16N4. The Balaban J connectivity index is 2.14. The van der Waals surface area contributed by atoms with Crippen molar-refractivity contribution in [3.05, 3.63) is 36.5 Å². The second kappa shape index (κ2) is 4.90. The average Bonchev–Trinajstić information content (AvgIpc) is 2.80. The summed E-state index contributed by atoms with van der Waals surface area (Å²) >= 11 is 0. The van der Waals surface area contributed by atoms with Crippen LogP contribution in [0.1, 0.15) is 19.2 Å². The maximum absolute atomic E-state index is 5.71. The molecule has 0 spiro atoms. The minimum atomic E-state index is 0.194. The van der Waals surface area contributed by atoms with Crippen molar-refractivity contribution in [1.82, 2.24) is 15.0 Å². The van der Waals surface area contributed by atoms with Crippen LogP contribution in [0.3, 0.4) is 0 Å². The van der Waals surface area contributed by atoms with Gasteiger partial charge in [-0.2, -0.15) is 0 Å². The first-order valence-electron chi connectivity index (χ1n) is 5.46. The smallest absolute Gasteiger partial charge is 0.129 e. The maximum atomic E-state index is 5.71.